The van der Waals surface area contributed by atoms with Gasteiger partial charge >= 0.3 is 0 Å². The molecule has 0 amide bonds. The van der Waals surface area contributed by atoms with Gasteiger partial charge in [0.05, 0.1) is 0 Å². The molecule has 10 aromatic carbocycles. The third-order valence-electron chi connectivity index (χ3n) is 12.0. The van der Waals surface area contributed by atoms with Gasteiger partial charge in [-0.3, -0.25) is 0 Å². The highest BCUT2D eigenvalue weighted by Crippen LogP contribution is 2.43. The van der Waals surface area contributed by atoms with Crippen molar-refractivity contribution in [3.63, 3.8) is 0 Å². The molecule has 0 aliphatic heterocycles. The van der Waals surface area contributed by atoms with Gasteiger partial charge in [0.15, 0.2) is 0 Å². The quantitative estimate of drug-likeness (QED) is 0.161. The molecular weight excluding hydrogens is 743 g/mol. The Morgan fingerprint density at radius 2 is 0.705 bits per heavy atom. The van der Waals surface area contributed by atoms with Crippen LogP contribution < -0.4 is 4.90 Å². The van der Waals surface area contributed by atoms with Gasteiger partial charge < -0.3 is 13.7 Å². The van der Waals surface area contributed by atoms with Gasteiger partial charge in [-0.1, -0.05) is 158 Å². The van der Waals surface area contributed by atoms with Crippen molar-refractivity contribution >= 4 is 71.7 Å². The Labute approximate surface area is 353 Å². The molecule has 0 bridgehead atoms. The smallest absolute Gasteiger partial charge is 0.143 e. The van der Waals surface area contributed by atoms with Crippen LogP contribution in [0.5, 0.6) is 0 Å². The van der Waals surface area contributed by atoms with Crippen LogP contribution in [0.3, 0.4) is 0 Å². The minimum Gasteiger partial charge on any atom is -0.455 e. The molecule has 0 fully saturated rings. The summed E-state index contributed by atoms with van der Waals surface area (Å²) in [6.45, 7) is 0. The molecule has 0 radical (unpaired) electrons. The molecule has 2 aromatic heterocycles. The minimum absolute atomic E-state index is 0.887. The summed E-state index contributed by atoms with van der Waals surface area (Å²) in [6, 6.07) is 79.9. The maximum absolute atomic E-state index is 6.57. The van der Waals surface area contributed by atoms with Gasteiger partial charge in [-0.05, 0) is 111 Å². The van der Waals surface area contributed by atoms with Crippen molar-refractivity contribution in [1.29, 1.82) is 0 Å². The van der Waals surface area contributed by atoms with Gasteiger partial charge in [0, 0.05) is 49.7 Å². The monoisotopic (exact) mass is 779 g/mol. The molecule has 3 nitrogen and oxygen atoms in total. The predicted molar refractivity (Wildman–Crippen MR) is 255 cm³/mol. The molecule has 0 spiro atoms. The van der Waals surface area contributed by atoms with E-state index in [2.05, 4.69) is 205 Å². The molecule has 0 saturated carbocycles. The predicted octanol–water partition coefficient (Wildman–Crippen LogP) is 16.8. The first-order chi connectivity index (χ1) is 30.2. The van der Waals surface area contributed by atoms with Crippen molar-refractivity contribution in [1.82, 2.24) is 0 Å². The van der Waals surface area contributed by atoms with Crippen LogP contribution in [0.2, 0.25) is 0 Å². The summed E-state index contributed by atoms with van der Waals surface area (Å²) in [6.07, 6.45) is 0. The molecule has 3 heteroatoms. The fourth-order valence-electron chi connectivity index (χ4n) is 9.05. The van der Waals surface area contributed by atoms with Gasteiger partial charge in [-0.2, -0.15) is 0 Å². The maximum atomic E-state index is 6.57. The van der Waals surface area contributed by atoms with E-state index in [4.69, 9.17) is 8.83 Å². The molecule has 286 valence electrons. The van der Waals surface area contributed by atoms with Gasteiger partial charge in [-0.15, -0.1) is 0 Å². The zero-order chi connectivity index (χ0) is 40.3. The molecule has 0 unspecified atom stereocenters. The highest BCUT2D eigenvalue weighted by atomic mass is 16.3. The fourth-order valence-corrected chi connectivity index (χ4v) is 9.05. The molecule has 61 heavy (non-hydrogen) atoms. The number of nitrogens with zero attached hydrogens (tertiary/aromatic N) is 1. The second-order valence-corrected chi connectivity index (χ2v) is 15.7. The van der Waals surface area contributed by atoms with Crippen LogP contribution >= 0.6 is 0 Å². The summed E-state index contributed by atoms with van der Waals surface area (Å²) in [4.78, 5) is 2.32. The number of hydrogen-bond donors (Lipinski definition) is 0. The second-order valence-electron chi connectivity index (χ2n) is 15.7. The third-order valence-corrected chi connectivity index (χ3v) is 12.0. The normalized spacial score (nSPS) is 11.6. The molecular formula is C58H37NO2. The van der Waals surface area contributed by atoms with Crippen molar-refractivity contribution in [2.75, 3.05) is 4.90 Å². The standard InChI is InChI=1S/C58H37NO2/c1-2-14-46(15-3-1)59(48-33-30-38-12-4-5-13-42(38)37-48)47-31-28-40(29-32-47)39-24-26-41(27-25-39)43-34-44(49-18-10-20-53-51-16-6-8-22-55(51)60-57(49)53)36-45(35-43)50-19-11-21-54-52-17-7-9-23-56(52)61-58(50)54/h1-37H. The Hall–Kier alpha value is -8.14. The van der Waals surface area contributed by atoms with Crippen LogP contribution in [0.15, 0.2) is 233 Å². The second kappa shape index (κ2) is 14.3. The lowest BCUT2D eigenvalue weighted by Gasteiger charge is -2.26. The average molecular weight is 780 g/mol. The van der Waals surface area contributed by atoms with Crippen molar-refractivity contribution in [3.05, 3.63) is 224 Å². The Morgan fingerprint density at radius 1 is 0.262 bits per heavy atom. The summed E-state index contributed by atoms with van der Waals surface area (Å²) in [5.41, 5.74) is 15.7. The number of para-hydroxylation sites is 5. The van der Waals surface area contributed by atoms with E-state index in [9.17, 15) is 0 Å². The summed E-state index contributed by atoms with van der Waals surface area (Å²) >= 11 is 0. The number of hydrogen-bond acceptors (Lipinski definition) is 3. The van der Waals surface area contributed by atoms with E-state index in [1.165, 1.54) is 10.8 Å². The first kappa shape index (κ1) is 34.9. The Bertz CT molecular complexity index is 3450. The lowest BCUT2D eigenvalue weighted by molar-refractivity contribution is 0.670. The molecule has 0 atom stereocenters. The van der Waals surface area contributed by atoms with E-state index in [0.717, 1.165) is 105 Å². The zero-order valence-electron chi connectivity index (χ0n) is 33.1. The highest BCUT2D eigenvalue weighted by Gasteiger charge is 2.18. The minimum atomic E-state index is 0.887. The van der Waals surface area contributed by atoms with Crippen LogP contribution in [0, 0.1) is 0 Å². The lowest BCUT2D eigenvalue weighted by atomic mass is 9.91. The summed E-state index contributed by atoms with van der Waals surface area (Å²) < 4.78 is 13.1. The average Bonchev–Trinajstić information content (AvgIpc) is 3.91. The molecule has 12 aromatic rings. The number of rotatable bonds is 7. The number of anilines is 3. The van der Waals surface area contributed by atoms with Crippen molar-refractivity contribution < 1.29 is 8.83 Å². The topological polar surface area (TPSA) is 29.5 Å². The Morgan fingerprint density at radius 3 is 1.31 bits per heavy atom. The van der Waals surface area contributed by atoms with Crippen LogP contribution in [0.1, 0.15) is 0 Å². The number of fused-ring (bicyclic) bond motifs is 7. The van der Waals surface area contributed by atoms with E-state index in [1.807, 2.05) is 24.3 Å². The summed E-state index contributed by atoms with van der Waals surface area (Å²) in [5.74, 6) is 0. The summed E-state index contributed by atoms with van der Waals surface area (Å²) in [7, 11) is 0. The maximum Gasteiger partial charge on any atom is 0.143 e. The first-order valence-electron chi connectivity index (χ1n) is 20.7. The van der Waals surface area contributed by atoms with Gasteiger partial charge in [0.25, 0.3) is 0 Å². The molecule has 0 aliphatic carbocycles. The third kappa shape index (κ3) is 6.06. The lowest BCUT2D eigenvalue weighted by Crippen LogP contribution is -2.09. The van der Waals surface area contributed by atoms with Crippen molar-refractivity contribution in [2.45, 2.75) is 0 Å². The van der Waals surface area contributed by atoms with Gasteiger partial charge in [0.2, 0.25) is 0 Å². The zero-order valence-corrected chi connectivity index (χ0v) is 33.1. The van der Waals surface area contributed by atoms with E-state index in [0.29, 0.717) is 0 Å². The Kier molecular flexibility index (Phi) is 8.17. The van der Waals surface area contributed by atoms with Crippen LogP contribution in [-0.4, -0.2) is 0 Å². The van der Waals surface area contributed by atoms with Gasteiger partial charge in [-0.25, -0.2) is 0 Å². The summed E-state index contributed by atoms with van der Waals surface area (Å²) in [5, 5.41) is 6.90. The molecule has 12 rings (SSSR count). The van der Waals surface area contributed by atoms with Gasteiger partial charge in [0.1, 0.15) is 22.3 Å². The van der Waals surface area contributed by atoms with E-state index in [1.54, 1.807) is 0 Å². The molecule has 0 aliphatic rings. The largest absolute Gasteiger partial charge is 0.455 e. The highest BCUT2D eigenvalue weighted by molar-refractivity contribution is 6.12. The molecule has 0 N–H and O–H groups in total. The van der Waals surface area contributed by atoms with E-state index in [-0.39, 0.29) is 0 Å². The van der Waals surface area contributed by atoms with E-state index < -0.39 is 0 Å². The van der Waals surface area contributed by atoms with Crippen molar-refractivity contribution in [2.24, 2.45) is 0 Å². The molecule has 2 heterocycles. The Balaban J connectivity index is 0.945. The number of furan rings is 2. The fraction of sp³-hybridized carbons (Fsp3) is 0. The van der Waals surface area contributed by atoms with Crippen LogP contribution in [0.25, 0.3) is 99.2 Å². The molecule has 0 saturated heterocycles. The first-order valence-corrected chi connectivity index (χ1v) is 20.7. The SMILES string of the molecule is c1ccc(N(c2ccc(-c3ccc(-c4cc(-c5cccc6c5oc5ccccc56)cc(-c5cccc6c5oc5ccccc56)c4)cc3)cc2)c2ccc3ccccc3c2)cc1. The van der Waals surface area contributed by atoms with Crippen LogP contribution in [-0.2, 0) is 0 Å². The number of benzene rings is 10. The van der Waals surface area contributed by atoms with Crippen molar-refractivity contribution in [3.8, 4) is 44.5 Å². The van der Waals surface area contributed by atoms with E-state index >= 15 is 0 Å². The van der Waals surface area contributed by atoms with Crippen LogP contribution in [0.4, 0.5) is 17.1 Å².